The maximum atomic E-state index is 12.2. The number of aromatic nitrogens is 4. The van der Waals surface area contributed by atoms with Crippen molar-refractivity contribution in [2.45, 2.75) is 45.2 Å². The maximum Gasteiger partial charge on any atom is 0.219 e. The molecule has 0 saturated carbocycles. The van der Waals surface area contributed by atoms with E-state index in [4.69, 9.17) is 9.84 Å². The lowest BCUT2D eigenvalue weighted by Crippen LogP contribution is -2.35. The molecule has 1 aromatic carbocycles. The number of rotatable bonds is 3. The molecule has 8 heteroatoms. The number of hydrogen-bond donors (Lipinski definition) is 1. The topological polar surface area (TPSA) is 91.2 Å². The molecule has 2 aromatic heterocycles. The van der Waals surface area contributed by atoms with Crippen LogP contribution in [0.1, 0.15) is 53.9 Å². The SMILES string of the molecule is CC(=O)N1CCc2c(c(C3=CCCc4cc(-c5cnn(C)c5)ccc43)nn2C2CCOC2)C1.CN. The molecule has 6 rings (SSSR count). The number of hydrogen-bond acceptors (Lipinski definition) is 5. The highest BCUT2D eigenvalue weighted by atomic mass is 16.5. The summed E-state index contributed by atoms with van der Waals surface area (Å²) in [6.07, 6.45) is 10.2. The third-order valence-electron chi connectivity index (χ3n) is 7.23. The van der Waals surface area contributed by atoms with Crippen LogP contribution in [-0.4, -0.2) is 57.2 Å². The summed E-state index contributed by atoms with van der Waals surface area (Å²) in [5.41, 5.74) is 14.2. The molecule has 35 heavy (non-hydrogen) atoms. The normalized spacial score (nSPS) is 18.9. The van der Waals surface area contributed by atoms with Crippen LogP contribution >= 0.6 is 0 Å². The smallest absolute Gasteiger partial charge is 0.219 e. The molecule has 1 aliphatic carbocycles. The number of nitrogens with two attached hydrogens (primary N) is 1. The summed E-state index contributed by atoms with van der Waals surface area (Å²) in [4.78, 5) is 14.1. The van der Waals surface area contributed by atoms with Gasteiger partial charge in [-0.25, -0.2) is 0 Å². The highest BCUT2D eigenvalue weighted by molar-refractivity contribution is 5.84. The van der Waals surface area contributed by atoms with Gasteiger partial charge >= 0.3 is 0 Å². The zero-order valence-corrected chi connectivity index (χ0v) is 20.8. The van der Waals surface area contributed by atoms with E-state index in [1.807, 2.05) is 22.8 Å². The molecule has 4 heterocycles. The predicted molar refractivity (Wildman–Crippen MR) is 136 cm³/mol. The van der Waals surface area contributed by atoms with Gasteiger partial charge < -0.3 is 15.4 Å². The summed E-state index contributed by atoms with van der Waals surface area (Å²) in [5, 5.41) is 9.52. The Hall–Kier alpha value is -3.23. The van der Waals surface area contributed by atoms with E-state index >= 15 is 0 Å². The van der Waals surface area contributed by atoms with Crippen LogP contribution in [0.15, 0.2) is 36.7 Å². The van der Waals surface area contributed by atoms with Crippen molar-refractivity contribution in [2.75, 3.05) is 26.8 Å². The second-order valence-corrected chi connectivity index (χ2v) is 9.36. The molecule has 1 unspecified atom stereocenters. The van der Waals surface area contributed by atoms with E-state index in [-0.39, 0.29) is 11.9 Å². The quantitative estimate of drug-likeness (QED) is 0.630. The number of amides is 1. The van der Waals surface area contributed by atoms with E-state index in [1.165, 1.54) is 40.6 Å². The standard InChI is InChI=1S/C26H29N5O2.CH5N/c1-17(32)30-10-8-25-24(15-30)26(28-31(25)21-9-11-33-16-21)23-5-3-4-19-12-18(6-7-22(19)23)20-13-27-29(2)14-20;1-2/h5-7,12-14,21H,3-4,8-11,15-16H2,1-2H3;2H2,1H3. The van der Waals surface area contributed by atoms with Crippen molar-refractivity contribution >= 4 is 11.5 Å². The second-order valence-electron chi connectivity index (χ2n) is 9.36. The van der Waals surface area contributed by atoms with Crippen LogP contribution in [0.25, 0.3) is 16.7 Å². The molecule has 1 amide bonds. The highest BCUT2D eigenvalue weighted by Gasteiger charge is 2.32. The first kappa shape index (κ1) is 23.5. The van der Waals surface area contributed by atoms with Crippen LogP contribution < -0.4 is 5.73 Å². The van der Waals surface area contributed by atoms with E-state index in [1.54, 1.807) is 6.92 Å². The first-order valence-electron chi connectivity index (χ1n) is 12.4. The lowest BCUT2D eigenvalue weighted by atomic mass is 9.85. The molecule has 2 N–H and O–H groups in total. The molecule has 3 aromatic rings. The van der Waals surface area contributed by atoms with Crippen LogP contribution in [0.4, 0.5) is 0 Å². The van der Waals surface area contributed by atoms with Gasteiger partial charge in [-0.1, -0.05) is 24.3 Å². The molecule has 0 bridgehead atoms. The van der Waals surface area contributed by atoms with Crippen molar-refractivity contribution in [1.29, 1.82) is 0 Å². The molecular formula is C27H34N6O2. The van der Waals surface area contributed by atoms with Gasteiger partial charge in [0.15, 0.2) is 0 Å². The number of allylic oxidation sites excluding steroid dienone is 1. The molecule has 0 radical (unpaired) electrons. The number of nitrogens with zero attached hydrogens (tertiary/aromatic N) is 5. The van der Waals surface area contributed by atoms with Crippen molar-refractivity contribution in [1.82, 2.24) is 24.5 Å². The van der Waals surface area contributed by atoms with E-state index in [0.717, 1.165) is 50.1 Å². The Bertz CT molecular complexity index is 1260. The third kappa shape index (κ3) is 4.32. The first-order chi connectivity index (χ1) is 17.1. The largest absolute Gasteiger partial charge is 0.379 e. The van der Waals surface area contributed by atoms with Crippen LogP contribution in [0, 0.1) is 0 Å². The van der Waals surface area contributed by atoms with Crippen molar-refractivity contribution in [3.63, 3.8) is 0 Å². The van der Waals surface area contributed by atoms with Gasteiger partial charge in [-0.15, -0.1) is 0 Å². The van der Waals surface area contributed by atoms with E-state index < -0.39 is 0 Å². The van der Waals surface area contributed by atoms with Gasteiger partial charge in [-0.3, -0.25) is 14.2 Å². The van der Waals surface area contributed by atoms with Gasteiger partial charge in [0.05, 0.1) is 24.5 Å². The minimum absolute atomic E-state index is 0.127. The Labute approximate surface area is 206 Å². The van der Waals surface area contributed by atoms with Crippen molar-refractivity contribution < 1.29 is 9.53 Å². The van der Waals surface area contributed by atoms with Crippen molar-refractivity contribution in [3.8, 4) is 11.1 Å². The zero-order chi connectivity index (χ0) is 24.5. The van der Waals surface area contributed by atoms with Crippen LogP contribution in [-0.2, 0) is 36.0 Å². The Morgan fingerprint density at radius 1 is 1.20 bits per heavy atom. The number of carbonyl (C=O) groups excluding carboxylic acids is 1. The number of ether oxygens (including phenoxy) is 1. The lowest BCUT2D eigenvalue weighted by molar-refractivity contribution is -0.129. The minimum Gasteiger partial charge on any atom is -0.379 e. The monoisotopic (exact) mass is 474 g/mol. The summed E-state index contributed by atoms with van der Waals surface area (Å²) in [5.74, 6) is 0.127. The average molecular weight is 475 g/mol. The lowest BCUT2D eigenvalue weighted by Gasteiger charge is -2.28. The van der Waals surface area contributed by atoms with Gasteiger partial charge in [-0.05, 0) is 43.0 Å². The molecule has 184 valence electrons. The zero-order valence-electron chi connectivity index (χ0n) is 20.8. The summed E-state index contributed by atoms with van der Waals surface area (Å²) >= 11 is 0. The molecule has 2 aliphatic heterocycles. The van der Waals surface area contributed by atoms with Gasteiger partial charge in [0.1, 0.15) is 0 Å². The third-order valence-corrected chi connectivity index (χ3v) is 7.23. The molecule has 8 nitrogen and oxygen atoms in total. The molecule has 1 atom stereocenters. The number of fused-ring (bicyclic) bond motifs is 2. The number of benzene rings is 1. The fourth-order valence-electron chi connectivity index (χ4n) is 5.47. The summed E-state index contributed by atoms with van der Waals surface area (Å²) in [7, 11) is 3.45. The van der Waals surface area contributed by atoms with Gasteiger partial charge in [-0.2, -0.15) is 10.2 Å². The number of carbonyl (C=O) groups is 1. The Balaban J connectivity index is 0.00000124. The Morgan fingerprint density at radius 3 is 2.77 bits per heavy atom. The second kappa shape index (κ2) is 9.79. The van der Waals surface area contributed by atoms with Gasteiger partial charge in [0, 0.05) is 68.7 Å². The molecule has 0 spiro atoms. The van der Waals surface area contributed by atoms with E-state index in [9.17, 15) is 4.79 Å². The maximum absolute atomic E-state index is 12.2. The summed E-state index contributed by atoms with van der Waals surface area (Å²) in [6, 6.07) is 7.01. The van der Waals surface area contributed by atoms with Crippen LogP contribution in [0.2, 0.25) is 0 Å². The Kier molecular flexibility index (Phi) is 6.58. The molecular weight excluding hydrogens is 440 g/mol. The summed E-state index contributed by atoms with van der Waals surface area (Å²) < 4.78 is 9.74. The van der Waals surface area contributed by atoms with Crippen molar-refractivity contribution in [3.05, 3.63) is 64.7 Å². The van der Waals surface area contributed by atoms with E-state index in [2.05, 4.69) is 46.0 Å². The molecule has 1 fully saturated rings. The predicted octanol–water partition coefficient (Wildman–Crippen LogP) is 3.10. The molecule has 1 saturated heterocycles. The van der Waals surface area contributed by atoms with Gasteiger partial charge in [0.2, 0.25) is 5.91 Å². The fraction of sp³-hybridized carbons (Fsp3) is 0.444. The first-order valence-corrected chi connectivity index (χ1v) is 12.4. The Morgan fingerprint density at radius 2 is 2.06 bits per heavy atom. The summed E-state index contributed by atoms with van der Waals surface area (Å²) in [6.45, 7) is 4.55. The minimum atomic E-state index is 0.127. The van der Waals surface area contributed by atoms with Gasteiger partial charge in [0.25, 0.3) is 0 Å². The fourth-order valence-corrected chi connectivity index (χ4v) is 5.47. The van der Waals surface area contributed by atoms with Crippen LogP contribution in [0.3, 0.4) is 0 Å². The van der Waals surface area contributed by atoms with Crippen molar-refractivity contribution in [2.24, 2.45) is 12.8 Å². The highest BCUT2D eigenvalue weighted by Crippen LogP contribution is 2.38. The molecule has 3 aliphatic rings. The van der Waals surface area contributed by atoms with Crippen LogP contribution in [0.5, 0.6) is 0 Å². The number of aryl methyl sites for hydroxylation is 2. The van der Waals surface area contributed by atoms with E-state index in [0.29, 0.717) is 13.2 Å². The average Bonchev–Trinajstić information content (AvgIpc) is 3.64.